The first-order valence-corrected chi connectivity index (χ1v) is 11.1. The molecule has 29 heavy (non-hydrogen) atoms. The van der Waals surface area contributed by atoms with Gasteiger partial charge in [-0.2, -0.15) is 4.31 Å². The molecule has 0 unspecified atom stereocenters. The van der Waals surface area contributed by atoms with Gasteiger partial charge in [0.2, 0.25) is 15.9 Å². The highest BCUT2D eigenvalue weighted by atomic mass is 32.2. The number of carbonyl (C=O) groups is 1. The molecule has 0 saturated carbocycles. The van der Waals surface area contributed by atoms with Crippen molar-refractivity contribution in [2.45, 2.75) is 45.9 Å². The molecule has 1 amide bonds. The first-order chi connectivity index (χ1) is 13.6. The van der Waals surface area contributed by atoms with Crippen LogP contribution >= 0.6 is 0 Å². The van der Waals surface area contributed by atoms with Crippen LogP contribution in [0.4, 0.5) is 5.69 Å². The van der Waals surface area contributed by atoms with Gasteiger partial charge in [-0.3, -0.25) is 4.79 Å². The molecule has 0 heterocycles. The Kier molecular flexibility index (Phi) is 7.38. The fraction of sp³-hybridized carbons (Fsp3) is 0.348. The molecule has 0 saturated heterocycles. The van der Waals surface area contributed by atoms with Crippen molar-refractivity contribution in [3.8, 4) is 0 Å². The van der Waals surface area contributed by atoms with E-state index in [1.54, 1.807) is 13.8 Å². The Morgan fingerprint density at radius 2 is 1.72 bits per heavy atom. The molecule has 0 atom stereocenters. The normalized spacial score (nSPS) is 11.5. The summed E-state index contributed by atoms with van der Waals surface area (Å²) in [6.07, 6.45) is 2.27. The molecular weight excluding hydrogens is 384 g/mol. The largest absolute Gasteiger partial charge is 0.324 e. The predicted molar refractivity (Wildman–Crippen MR) is 119 cm³/mol. The van der Waals surface area contributed by atoms with E-state index in [4.69, 9.17) is 0 Å². The average molecular weight is 415 g/mol. The highest BCUT2D eigenvalue weighted by Crippen LogP contribution is 2.26. The van der Waals surface area contributed by atoms with Crippen molar-refractivity contribution in [1.82, 2.24) is 4.31 Å². The van der Waals surface area contributed by atoms with E-state index in [9.17, 15) is 13.2 Å². The molecule has 156 valence electrons. The lowest BCUT2D eigenvalue weighted by atomic mass is 10.1. The zero-order chi connectivity index (χ0) is 21.8. The number of para-hydroxylation sites is 1. The number of nitrogens with one attached hydrogen (secondary N) is 1. The van der Waals surface area contributed by atoms with Gasteiger partial charge in [0.25, 0.3) is 0 Å². The third-order valence-corrected chi connectivity index (χ3v) is 6.98. The quantitative estimate of drug-likeness (QED) is 0.655. The van der Waals surface area contributed by atoms with Crippen LogP contribution in [0.25, 0.3) is 0 Å². The molecular formula is C23H30N2O3S. The number of hydrogen-bond donors (Lipinski definition) is 1. The second-order valence-corrected chi connectivity index (χ2v) is 9.20. The van der Waals surface area contributed by atoms with E-state index >= 15 is 0 Å². The Bertz CT molecular complexity index is 1000. The van der Waals surface area contributed by atoms with Crippen molar-refractivity contribution in [1.29, 1.82) is 0 Å². The number of aryl methyl sites for hydroxylation is 5. The molecule has 2 rings (SSSR count). The Labute approximate surface area is 174 Å². The maximum atomic E-state index is 13.4. The lowest BCUT2D eigenvalue weighted by molar-refractivity contribution is -0.116. The molecule has 0 aliphatic rings. The molecule has 2 aromatic carbocycles. The number of hydrogen-bond acceptors (Lipinski definition) is 3. The van der Waals surface area contributed by atoms with Gasteiger partial charge in [-0.05, 0) is 56.4 Å². The van der Waals surface area contributed by atoms with Gasteiger partial charge in [0.1, 0.15) is 0 Å². The second kappa shape index (κ2) is 9.37. The number of amides is 1. The third-order valence-electron chi connectivity index (χ3n) is 4.86. The van der Waals surface area contributed by atoms with Gasteiger partial charge in [-0.15, -0.1) is 6.58 Å². The maximum Gasteiger partial charge on any atom is 0.244 e. The van der Waals surface area contributed by atoms with E-state index in [1.807, 2.05) is 51.1 Å². The van der Waals surface area contributed by atoms with Crippen molar-refractivity contribution >= 4 is 21.6 Å². The molecule has 0 aliphatic heterocycles. The molecule has 2 aromatic rings. The van der Waals surface area contributed by atoms with E-state index in [2.05, 4.69) is 11.9 Å². The fourth-order valence-electron chi connectivity index (χ4n) is 3.64. The average Bonchev–Trinajstić information content (AvgIpc) is 2.61. The van der Waals surface area contributed by atoms with Crippen molar-refractivity contribution in [2.24, 2.45) is 0 Å². The van der Waals surface area contributed by atoms with E-state index in [-0.39, 0.29) is 23.9 Å². The maximum absolute atomic E-state index is 13.4. The van der Waals surface area contributed by atoms with Crippen LogP contribution in [0.3, 0.4) is 0 Å². The zero-order valence-electron chi connectivity index (χ0n) is 17.9. The third kappa shape index (κ3) is 5.14. The van der Waals surface area contributed by atoms with Crippen LogP contribution in [0.2, 0.25) is 0 Å². The van der Waals surface area contributed by atoms with Gasteiger partial charge in [0.15, 0.2) is 0 Å². The summed E-state index contributed by atoms with van der Waals surface area (Å²) < 4.78 is 27.9. The van der Waals surface area contributed by atoms with E-state index in [0.29, 0.717) is 11.1 Å². The second-order valence-electron chi connectivity index (χ2n) is 7.32. The minimum absolute atomic E-state index is 0.0525. The molecule has 0 spiro atoms. The van der Waals surface area contributed by atoms with Crippen LogP contribution in [0.5, 0.6) is 0 Å². The highest BCUT2D eigenvalue weighted by molar-refractivity contribution is 7.89. The Balaban J connectivity index is 2.35. The van der Waals surface area contributed by atoms with Crippen LogP contribution in [0.1, 0.15) is 34.7 Å². The molecule has 0 aliphatic carbocycles. The molecule has 6 heteroatoms. The van der Waals surface area contributed by atoms with Crippen LogP contribution in [0.15, 0.2) is 47.9 Å². The van der Waals surface area contributed by atoms with E-state index < -0.39 is 10.0 Å². The minimum Gasteiger partial charge on any atom is -0.324 e. The summed E-state index contributed by atoms with van der Waals surface area (Å²) in [7, 11) is -3.85. The SMILES string of the molecule is C=CCN(CC(=O)Nc1c(C)cccc1CC)S(=O)(=O)c1c(C)cc(C)cc1C. The molecule has 0 fully saturated rings. The van der Waals surface area contributed by atoms with Crippen LogP contribution < -0.4 is 5.32 Å². The highest BCUT2D eigenvalue weighted by Gasteiger charge is 2.29. The number of sulfonamides is 1. The molecule has 0 bridgehead atoms. The Morgan fingerprint density at radius 3 is 2.28 bits per heavy atom. The zero-order valence-corrected chi connectivity index (χ0v) is 18.7. The summed E-state index contributed by atoms with van der Waals surface area (Å²) in [5, 5.41) is 2.90. The molecule has 1 N–H and O–H groups in total. The summed E-state index contributed by atoms with van der Waals surface area (Å²) in [4.78, 5) is 13.0. The smallest absolute Gasteiger partial charge is 0.244 e. The summed E-state index contributed by atoms with van der Waals surface area (Å²) in [5.74, 6) is -0.373. The lowest BCUT2D eigenvalue weighted by Gasteiger charge is -2.23. The van der Waals surface area contributed by atoms with Gasteiger partial charge in [-0.1, -0.05) is 48.9 Å². The van der Waals surface area contributed by atoms with Gasteiger partial charge in [0.05, 0.1) is 11.4 Å². The monoisotopic (exact) mass is 414 g/mol. The number of nitrogens with zero attached hydrogens (tertiary/aromatic N) is 1. The van der Waals surface area contributed by atoms with E-state index in [0.717, 1.165) is 28.8 Å². The first-order valence-electron chi connectivity index (χ1n) is 9.69. The van der Waals surface area contributed by atoms with Crippen molar-refractivity contribution in [3.05, 3.63) is 70.8 Å². The topological polar surface area (TPSA) is 66.5 Å². The van der Waals surface area contributed by atoms with Gasteiger partial charge < -0.3 is 5.32 Å². The molecule has 0 radical (unpaired) electrons. The van der Waals surface area contributed by atoms with Gasteiger partial charge in [-0.25, -0.2) is 8.42 Å². The number of carbonyl (C=O) groups excluding carboxylic acids is 1. The lowest BCUT2D eigenvalue weighted by Crippen LogP contribution is -2.38. The summed E-state index contributed by atoms with van der Waals surface area (Å²) in [6, 6.07) is 9.51. The minimum atomic E-state index is -3.85. The molecule has 5 nitrogen and oxygen atoms in total. The Morgan fingerprint density at radius 1 is 1.10 bits per heavy atom. The number of rotatable bonds is 8. The van der Waals surface area contributed by atoms with Crippen LogP contribution in [-0.4, -0.2) is 31.7 Å². The summed E-state index contributed by atoms with van der Waals surface area (Å²) >= 11 is 0. The van der Waals surface area contributed by atoms with Crippen molar-refractivity contribution < 1.29 is 13.2 Å². The number of benzene rings is 2. The van der Waals surface area contributed by atoms with Crippen LogP contribution in [-0.2, 0) is 21.2 Å². The predicted octanol–water partition coefficient (Wildman–Crippen LogP) is 4.30. The van der Waals surface area contributed by atoms with E-state index in [1.165, 1.54) is 10.4 Å². The Hall–Kier alpha value is -2.44. The first kappa shape index (κ1) is 22.8. The number of anilines is 1. The summed E-state index contributed by atoms with van der Waals surface area (Å²) in [6.45, 7) is 12.9. The van der Waals surface area contributed by atoms with Crippen molar-refractivity contribution in [3.63, 3.8) is 0 Å². The standard InChI is InChI=1S/C23H30N2O3S/c1-7-12-25(29(27,28)23-18(5)13-16(3)14-19(23)6)15-21(26)24-22-17(4)10-9-11-20(22)8-2/h7,9-11,13-14H,1,8,12,15H2,2-6H3,(H,24,26). The van der Waals surface area contributed by atoms with Gasteiger partial charge in [0, 0.05) is 12.2 Å². The summed E-state index contributed by atoms with van der Waals surface area (Å²) in [5.41, 5.74) is 5.05. The van der Waals surface area contributed by atoms with Gasteiger partial charge >= 0.3 is 0 Å². The fourth-order valence-corrected chi connectivity index (χ4v) is 5.41. The van der Waals surface area contributed by atoms with Crippen LogP contribution in [0, 0.1) is 27.7 Å². The van der Waals surface area contributed by atoms with Crippen molar-refractivity contribution in [2.75, 3.05) is 18.4 Å². The molecule has 0 aromatic heterocycles.